The van der Waals surface area contributed by atoms with Crippen LogP contribution in [0.15, 0.2) is 30.5 Å². The number of benzene rings is 1. The average Bonchev–Trinajstić information content (AvgIpc) is 3.12. The van der Waals surface area contributed by atoms with E-state index in [2.05, 4.69) is 5.10 Å². The first-order valence-corrected chi connectivity index (χ1v) is 9.58. The van der Waals surface area contributed by atoms with Gasteiger partial charge in [0.2, 0.25) is 0 Å². The smallest absolute Gasteiger partial charge is 0.259 e. The summed E-state index contributed by atoms with van der Waals surface area (Å²) in [7, 11) is 1.79. The van der Waals surface area contributed by atoms with Crippen LogP contribution in [0, 0.1) is 12.7 Å². The second-order valence-corrected chi connectivity index (χ2v) is 8.00. The third-order valence-electron chi connectivity index (χ3n) is 4.54. The first-order chi connectivity index (χ1) is 12.8. The van der Waals surface area contributed by atoms with Crippen LogP contribution in [0.2, 0.25) is 5.02 Å². The van der Waals surface area contributed by atoms with Gasteiger partial charge in [-0.1, -0.05) is 23.7 Å². The van der Waals surface area contributed by atoms with Crippen LogP contribution in [-0.4, -0.2) is 22.2 Å². The van der Waals surface area contributed by atoms with Crippen molar-refractivity contribution >= 4 is 28.8 Å². The predicted octanol–water partition coefficient (Wildman–Crippen LogP) is 3.63. The van der Waals surface area contributed by atoms with E-state index in [1.54, 1.807) is 24.0 Å². The molecule has 0 unspecified atom stereocenters. The number of thiophene rings is 1. The topological polar surface area (TPSA) is 86.9 Å². The van der Waals surface area contributed by atoms with Crippen LogP contribution in [-0.2, 0) is 13.5 Å². The van der Waals surface area contributed by atoms with Crippen LogP contribution in [0.25, 0.3) is 11.3 Å². The number of nitrogens with two attached hydrogens (primary N) is 2. The number of primary amides is 1. The summed E-state index contributed by atoms with van der Waals surface area (Å²) in [5.74, 6) is -1.05. The van der Waals surface area contributed by atoms with E-state index in [-0.39, 0.29) is 18.3 Å². The Kier molecular flexibility index (Phi) is 5.64. The van der Waals surface area contributed by atoms with Crippen LogP contribution in [0.3, 0.4) is 0 Å². The zero-order valence-electron chi connectivity index (χ0n) is 15.0. The minimum absolute atomic E-state index is 0.222. The van der Waals surface area contributed by atoms with E-state index in [4.69, 9.17) is 23.1 Å². The summed E-state index contributed by atoms with van der Waals surface area (Å²) in [4.78, 5) is 13.5. The number of halogens is 2. The zero-order valence-corrected chi connectivity index (χ0v) is 16.6. The molecule has 0 fully saturated rings. The molecule has 0 aliphatic carbocycles. The number of hydrogen-bond acceptors (Lipinski definition) is 4. The molecule has 0 spiro atoms. The molecule has 4 N–H and O–H groups in total. The second-order valence-electron chi connectivity index (χ2n) is 6.37. The van der Waals surface area contributed by atoms with Crippen molar-refractivity contribution < 1.29 is 9.18 Å². The highest BCUT2D eigenvalue weighted by atomic mass is 35.5. The van der Waals surface area contributed by atoms with Crippen molar-refractivity contribution in [2.75, 3.05) is 6.54 Å². The SMILES string of the molecule is Cc1sc(C(N)=O)c([C@@H](CN)Cc2cccc(F)c2)c1-c1c(Cl)cnn1C. The van der Waals surface area contributed by atoms with Gasteiger partial charge in [0.25, 0.3) is 5.91 Å². The third-order valence-corrected chi connectivity index (χ3v) is 5.95. The van der Waals surface area contributed by atoms with E-state index in [0.717, 1.165) is 21.6 Å². The Morgan fingerprint density at radius 3 is 2.74 bits per heavy atom. The fourth-order valence-corrected chi connectivity index (χ4v) is 4.73. The Bertz CT molecular complexity index is 978. The summed E-state index contributed by atoms with van der Waals surface area (Å²) in [5.41, 5.74) is 14.8. The van der Waals surface area contributed by atoms with E-state index in [1.165, 1.54) is 23.5 Å². The van der Waals surface area contributed by atoms with Crippen LogP contribution in [0.1, 0.15) is 31.6 Å². The molecule has 0 aliphatic heterocycles. The van der Waals surface area contributed by atoms with Crippen molar-refractivity contribution in [3.63, 3.8) is 0 Å². The lowest BCUT2D eigenvalue weighted by molar-refractivity contribution is 0.100. The monoisotopic (exact) mass is 406 g/mol. The average molecular weight is 407 g/mol. The van der Waals surface area contributed by atoms with Gasteiger partial charge < -0.3 is 11.5 Å². The fourth-order valence-electron chi connectivity index (χ4n) is 3.37. The maximum absolute atomic E-state index is 13.6. The summed E-state index contributed by atoms with van der Waals surface area (Å²) in [6, 6.07) is 6.37. The van der Waals surface area contributed by atoms with Gasteiger partial charge in [0, 0.05) is 23.4 Å². The van der Waals surface area contributed by atoms with Crippen molar-refractivity contribution in [1.29, 1.82) is 0 Å². The number of nitrogens with zero attached hydrogens (tertiary/aromatic N) is 2. The Balaban J connectivity index is 2.18. The highest BCUT2D eigenvalue weighted by molar-refractivity contribution is 7.14. The number of aromatic nitrogens is 2. The number of aryl methyl sites for hydroxylation is 2. The summed E-state index contributed by atoms with van der Waals surface area (Å²) in [6.45, 7) is 2.18. The lowest BCUT2D eigenvalue weighted by atomic mass is 9.87. The first-order valence-electron chi connectivity index (χ1n) is 8.39. The molecule has 1 amide bonds. The van der Waals surface area contributed by atoms with Gasteiger partial charge in [-0.25, -0.2) is 4.39 Å². The van der Waals surface area contributed by atoms with Gasteiger partial charge in [-0.2, -0.15) is 5.10 Å². The molecule has 0 saturated heterocycles. The number of amides is 1. The summed E-state index contributed by atoms with van der Waals surface area (Å²) in [5, 5.41) is 4.69. The van der Waals surface area contributed by atoms with E-state index >= 15 is 0 Å². The minimum atomic E-state index is -0.514. The molecule has 142 valence electrons. The van der Waals surface area contributed by atoms with E-state index < -0.39 is 5.91 Å². The molecule has 2 heterocycles. The van der Waals surface area contributed by atoms with Gasteiger partial charge in [-0.15, -0.1) is 11.3 Å². The lowest BCUT2D eigenvalue weighted by Gasteiger charge is -2.19. The van der Waals surface area contributed by atoms with Crippen LogP contribution in [0.4, 0.5) is 4.39 Å². The predicted molar refractivity (Wildman–Crippen MR) is 107 cm³/mol. The number of hydrogen-bond donors (Lipinski definition) is 2. The second kappa shape index (κ2) is 7.80. The maximum atomic E-state index is 13.6. The quantitative estimate of drug-likeness (QED) is 0.655. The van der Waals surface area contributed by atoms with Gasteiger partial charge in [0.05, 0.1) is 21.8 Å². The van der Waals surface area contributed by atoms with Crippen LogP contribution >= 0.6 is 22.9 Å². The number of carbonyl (C=O) groups is 1. The normalized spacial score (nSPS) is 12.3. The van der Waals surface area contributed by atoms with E-state index in [0.29, 0.717) is 22.0 Å². The molecule has 5 nitrogen and oxygen atoms in total. The molecule has 8 heteroatoms. The fraction of sp³-hybridized carbons (Fsp3) is 0.263. The highest BCUT2D eigenvalue weighted by Gasteiger charge is 2.29. The Labute approximate surface area is 165 Å². The molecular formula is C19H20ClFN4OS. The van der Waals surface area contributed by atoms with Gasteiger partial charge in [-0.3, -0.25) is 9.48 Å². The molecular weight excluding hydrogens is 387 g/mol. The molecule has 0 bridgehead atoms. The first kappa shape index (κ1) is 19.5. The Morgan fingerprint density at radius 2 is 2.19 bits per heavy atom. The lowest BCUT2D eigenvalue weighted by Crippen LogP contribution is -2.20. The van der Waals surface area contributed by atoms with Crippen molar-refractivity contribution in [2.24, 2.45) is 18.5 Å². The van der Waals surface area contributed by atoms with Crippen molar-refractivity contribution in [1.82, 2.24) is 9.78 Å². The van der Waals surface area contributed by atoms with Crippen LogP contribution in [0.5, 0.6) is 0 Å². The summed E-state index contributed by atoms with van der Waals surface area (Å²) >= 11 is 7.68. The standard InChI is InChI=1S/C19H20ClFN4OS/c1-10-15(17-14(20)9-24-25(17)2)16(18(27-10)19(23)26)12(8-22)6-11-4-3-5-13(21)7-11/h3-5,7,9,12H,6,8,22H2,1-2H3,(H2,23,26)/t12-/m1/s1. The number of carbonyl (C=O) groups excluding carboxylic acids is 1. The highest BCUT2D eigenvalue weighted by Crippen LogP contribution is 2.43. The molecule has 1 atom stereocenters. The third kappa shape index (κ3) is 3.76. The van der Waals surface area contributed by atoms with Gasteiger partial charge in [0.1, 0.15) is 5.82 Å². The van der Waals surface area contributed by atoms with Crippen molar-refractivity contribution in [3.8, 4) is 11.3 Å². The van der Waals surface area contributed by atoms with Gasteiger partial charge >= 0.3 is 0 Å². The molecule has 2 aromatic heterocycles. The van der Waals surface area contributed by atoms with Crippen molar-refractivity contribution in [2.45, 2.75) is 19.3 Å². The van der Waals surface area contributed by atoms with Crippen LogP contribution < -0.4 is 11.5 Å². The molecule has 0 saturated carbocycles. The van der Waals surface area contributed by atoms with E-state index in [1.807, 2.05) is 13.0 Å². The molecule has 3 aromatic rings. The molecule has 3 rings (SSSR count). The zero-order chi connectivity index (χ0) is 19.7. The summed E-state index contributed by atoms with van der Waals surface area (Å²) < 4.78 is 15.3. The number of rotatable bonds is 6. The minimum Gasteiger partial charge on any atom is -0.365 e. The molecule has 0 radical (unpaired) electrons. The van der Waals surface area contributed by atoms with Gasteiger partial charge in [-0.05, 0) is 43.1 Å². The maximum Gasteiger partial charge on any atom is 0.259 e. The van der Waals surface area contributed by atoms with Gasteiger partial charge in [0.15, 0.2) is 0 Å². The van der Waals surface area contributed by atoms with Crippen molar-refractivity contribution in [3.05, 3.63) is 62.2 Å². The van der Waals surface area contributed by atoms with E-state index in [9.17, 15) is 9.18 Å². The Morgan fingerprint density at radius 1 is 1.44 bits per heavy atom. The molecule has 0 aliphatic rings. The summed E-state index contributed by atoms with van der Waals surface area (Å²) in [6.07, 6.45) is 2.04. The largest absolute Gasteiger partial charge is 0.365 e. The molecule has 27 heavy (non-hydrogen) atoms. The molecule has 1 aromatic carbocycles. The Hall–Kier alpha value is -2.22.